The van der Waals surface area contributed by atoms with Gasteiger partial charge in [-0.1, -0.05) is 57.8 Å². The summed E-state index contributed by atoms with van der Waals surface area (Å²) in [4.78, 5) is 12.0. The highest BCUT2D eigenvalue weighted by Crippen LogP contribution is 2.41. The van der Waals surface area contributed by atoms with E-state index in [1.54, 1.807) is 0 Å². The van der Waals surface area contributed by atoms with E-state index in [1.165, 1.54) is 70.6 Å². The van der Waals surface area contributed by atoms with Gasteiger partial charge in [-0.05, 0) is 39.5 Å². The average Bonchev–Trinajstić information content (AvgIpc) is 2.87. The van der Waals surface area contributed by atoms with Crippen LogP contribution in [0.15, 0.2) is 4.79 Å². The molecule has 0 atom stereocenters. The Balaban J connectivity index is 1.50. The van der Waals surface area contributed by atoms with Gasteiger partial charge in [0.05, 0.1) is 17.7 Å². The largest absolute Gasteiger partial charge is 0.375 e. The summed E-state index contributed by atoms with van der Waals surface area (Å²) in [6, 6.07) is 0. The lowest BCUT2D eigenvalue weighted by Crippen LogP contribution is -2.52. The normalized spacial score (nSPS) is 30.2. The van der Waals surface area contributed by atoms with Crippen molar-refractivity contribution < 1.29 is 4.74 Å². The van der Waals surface area contributed by atoms with Crippen molar-refractivity contribution in [1.82, 2.24) is 14.8 Å². The van der Waals surface area contributed by atoms with E-state index >= 15 is 0 Å². The summed E-state index contributed by atoms with van der Waals surface area (Å²) in [5, 5.41) is 6.61. The lowest BCUT2D eigenvalue weighted by molar-refractivity contribution is -0.109. The van der Waals surface area contributed by atoms with Crippen LogP contribution in [0, 0.1) is 6.92 Å². The van der Waals surface area contributed by atoms with Crippen molar-refractivity contribution in [3.05, 3.63) is 16.3 Å². The molecular weight excluding hydrogens is 314 g/mol. The first-order valence-electron chi connectivity index (χ1n) is 10.4. The number of aromatic nitrogens is 3. The van der Waals surface area contributed by atoms with Gasteiger partial charge in [-0.2, -0.15) is 5.10 Å². The van der Waals surface area contributed by atoms with Gasteiger partial charge in [-0.3, -0.25) is 4.57 Å². The molecule has 1 aromatic rings. The van der Waals surface area contributed by atoms with Crippen LogP contribution < -0.4 is 5.69 Å². The summed E-state index contributed by atoms with van der Waals surface area (Å²) < 4.78 is 8.27. The predicted molar refractivity (Wildman–Crippen MR) is 99.9 cm³/mol. The minimum Gasteiger partial charge on any atom is -0.375 e. The molecule has 25 heavy (non-hydrogen) atoms. The topological polar surface area (TPSA) is 59.9 Å². The summed E-state index contributed by atoms with van der Waals surface area (Å²) in [6.45, 7) is 4.04. The van der Waals surface area contributed by atoms with Gasteiger partial charge in [0.15, 0.2) is 0 Å². The third-order valence-electron chi connectivity index (χ3n) is 6.15. The van der Waals surface area contributed by atoms with E-state index in [2.05, 4.69) is 17.1 Å². The molecule has 0 saturated heterocycles. The highest BCUT2D eigenvalue weighted by molar-refractivity contribution is 5.02. The number of aryl methyl sites for hydroxylation is 1. The molecule has 142 valence electrons. The van der Waals surface area contributed by atoms with Gasteiger partial charge >= 0.3 is 5.69 Å². The first kappa shape index (κ1) is 18.7. The number of aromatic amines is 1. The minimum absolute atomic E-state index is 0.0931. The molecule has 0 amide bonds. The number of ether oxygens (including phenoxy) is 1. The van der Waals surface area contributed by atoms with Crippen molar-refractivity contribution in [2.45, 2.75) is 115 Å². The number of nitrogens with zero attached hydrogens (tertiary/aromatic N) is 2. The van der Waals surface area contributed by atoms with Crippen LogP contribution in [0.4, 0.5) is 0 Å². The molecule has 0 radical (unpaired) electrons. The quantitative estimate of drug-likeness (QED) is 0.877. The van der Waals surface area contributed by atoms with Gasteiger partial charge in [-0.25, -0.2) is 9.89 Å². The van der Waals surface area contributed by atoms with Crippen LogP contribution in [0.3, 0.4) is 0 Å². The van der Waals surface area contributed by atoms with Crippen LogP contribution >= 0.6 is 0 Å². The molecule has 2 saturated carbocycles. The van der Waals surface area contributed by atoms with Crippen LogP contribution in [-0.2, 0) is 10.3 Å². The number of rotatable bonds is 3. The standard InChI is InChI=1S/C20H35N3O2/c1-16-21-22-19(24)23(16)20(2)14-18(15-20)25-17-12-10-8-6-4-3-5-7-9-11-13-17/h17-18H,3-15H2,1-2H3,(H,22,24). The molecule has 5 heteroatoms. The van der Waals surface area contributed by atoms with E-state index < -0.39 is 0 Å². The van der Waals surface area contributed by atoms with Crippen molar-refractivity contribution in [1.29, 1.82) is 0 Å². The molecule has 0 unspecified atom stereocenters. The zero-order chi connectivity index (χ0) is 17.7. The molecule has 1 aromatic heterocycles. The third-order valence-corrected chi connectivity index (χ3v) is 6.15. The Morgan fingerprint density at radius 2 is 1.48 bits per heavy atom. The van der Waals surface area contributed by atoms with Crippen molar-refractivity contribution in [3.8, 4) is 0 Å². The molecule has 0 aromatic carbocycles. The van der Waals surface area contributed by atoms with Crippen molar-refractivity contribution >= 4 is 0 Å². The van der Waals surface area contributed by atoms with Crippen molar-refractivity contribution in [2.75, 3.05) is 0 Å². The van der Waals surface area contributed by atoms with E-state index in [0.717, 1.165) is 18.7 Å². The Morgan fingerprint density at radius 1 is 0.960 bits per heavy atom. The molecular formula is C20H35N3O2. The maximum atomic E-state index is 12.0. The second kappa shape index (κ2) is 8.52. The lowest BCUT2D eigenvalue weighted by Gasteiger charge is -2.46. The van der Waals surface area contributed by atoms with E-state index in [1.807, 2.05) is 11.5 Å². The SMILES string of the molecule is Cc1n[nH]c(=O)n1C1(C)CC(OC2CCCCCCCCCCC2)C1. The van der Waals surface area contributed by atoms with E-state index in [9.17, 15) is 4.79 Å². The number of hydrogen-bond donors (Lipinski definition) is 1. The number of hydrogen-bond acceptors (Lipinski definition) is 3. The van der Waals surface area contributed by atoms with Crippen LogP contribution in [0.25, 0.3) is 0 Å². The van der Waals surface area contributed by atoms with Crippen LogP contribution in [-0.4, -0.2) is 27.0 Å². The summed E-state index contributed by atoms with van der Waals surface area (Å²) >= 11 is 0. The molecule has 0 aliphatic heterocycles. The zero-order valence-electron chi connectivity index (χ0n) is 16.1. The molecule has 2 fully saturated rings. The Bertz CT molecular complexity index is 574. The Labute approximate surface area is 151 Å². The van der Waals surface area contributed by atoms with Gasteiger partial charge in [0, 0.05) is 0 Å². The highest BCUT2D eigenvalue weighted by Gasteiger charge is 2.45. The fourth-order valence-corrected chi connectivity index (χ4v) is 4.75. The fourth-order valence-electron chi connectivity index (χ4n) is 4.75. The summed E-state index contributed by atoms with van der Waals surface area (Å²) in [5.41, 5.74) is -0.228. The Hall–Kier alpha value is -1.10. The zero-order valence-corrected chi connectivity index (χ0v) is 16.1. The summed E-state index contributed by atoms with van der Waals surface area (Å²) in [6.07, 6.45) is 17.3. The van der Waals surface area contributed by atoms with Crippen LogP contribution in [0.1, 0.15) is 96.2 Å². The van der Waals surface area contributed by atoms with Crippen molar-refractivity contribution in [2.24, 2.45) is 0 Å². The smallest absolute Gasteiger partial charge is 0.343 e. The Morgan fingerprint density at radius 3 is 1.96 bits per heavy atom. The number of nitrogens with one attached hydrogen (secondary N) is 1. The lowest BCUT2D eigenvalue weighted by atomic mass is 9.75. The molecule has 5 nitrogen and oxygen atoms in total. The van der Waals surface area contributed by atoms with E-state index in [4.69, 9.17) is 4.74 Å². The third kappa shape index (κ3) is 4.75. The predicted octanol–water partition coefficient (Wildman–Crippen LogP) is 4.45. The molecule has 0 bridgehead atoms. The number of H-pyrrole nitrogens is 1. The van der Waals surface area contributed by atoms with Gasteiger partial charge in [0.2, 0.25) is 0 Å². The van der Waals surface area contributed by atoms with Gasteiger partial charge in [0.1, 0.15) is 5.82 Å². The first-order chi connectivity index (χ1) is 12.1. The molecule has 2 aliphatic carbocycles. The maximum absolute atomic E-state index is 12.0. The average molecular weight is 350 g/mol. The summed E-state index contributed by atoms with van der Waals surface area (Å²) in [5.74, 6) is 0.775. The molecule has 1 N–H and O–H groups in total. The molecule has 2 aliphatic rings. The van der Waals surface area contributed by atoms with Gasteiger partial charge < -0.3 is 4.74 Å². The van der Waals surface area contributed by atoms with E-state index in [-0.39, 0.29) is 11.2 Å². The summed E-state index contributed by atoms with van der Waals surface area (Å²) in [7, 11) is 0. The Kier molecular flexibility index (Phi) is 6.37. The molecule has 0 spiro atoms. The van der Waals surface area contributed by atoms with Gasteiger partial charge in [-0.15, -0.1) is 0 Å². The minimum atomic E-state index is -0.135. The van der Waals surface area contributed by atoms with Gasteiger partial charge in [0.25, 0.3) is 0 Å². The fraction of sp³-hybridized carbons (Fsp3) is 0.900. The van der Waals surface area contributed by atoms with Crippen LogP contribution in [0.2, 0.25) is 0 Å². The van der Waals surface area contributed by atoms with Crippen LogP contribution in [0.5, 0.6) is 0 Å². The highest BCUT2D eigenvalue weighted by atomic mass is 16.5. The first-order valence-corrected chi connectivity index (χ1v) is 10.4. The molecule has 1 heterocycles. The second-order valence-electron chi connectivity index (χ2n) is 8.46. The second-order valence-corrected chi connectivity index (χ2v) is 8.46. The molecule has 3 rings (SSSR count). The monoisotopic (exact) mass is 349 g/mol. The maximum Gasteiger partial charge on any atom is 0.343 e. The van der Waals surface area contributed by atoms with Crippen molar-refractivity contribution in [3.63, 3.8) is 0 Å². The van der Waals surface area contributed by atoms with E-state index in [0.29, 0.717) is 12.2 Å².